The first-order valence-electron chi connectivity index (χ1n) is 6.25. The second-order valence-electron chi connectivity index (χ2n) is 5.33. The number of carboxylic acid groups (broad SMARTS) is 2. The number of carboxylic acids is 2. The average molecular weight is 275 g/mol. The molecule has 0 amide bonds. The number of nitrogens with zero attached hydrogens (tertiary/aromatic N) is 1. The molecule has 0 aromatic heterocycles. The summed E-state index contributed by atoms with van der Waals surface area (Å²) < 4.78 is 0. The summed E-state index contributed by atoms with van der Waals surface area (Å²) in [6.07, 6.45) is 1.95. The van der Waals surface area contributed by atoms with Crippen molar-refractivity contribution in [3.05, 3.63) is 10.1 Å². The Labute approximate surface area is 111 Å². The van der Waals surface area contributed by atoms with Crippen molar-refractivity contribution in [1.82, 2.24) is 0 Å². The molecule has 0 heterocycles. The third kappa shape index (κ3) is 7.38. The van der Waals surface area contributed by atoms with E-state index in [2.05, 4.69) is 0 Å². The summed E-state index contributed by atoms with van der Waals surface area (Å²) in [4.78, 5) is 31.7. The van der Waals surface area contributed by atoms with E-state index in [1.165, 1.54) is 13.8 Å². The Balaban J connectivity index is 4.18. The van der Waals surface area contributed by atoms with Gasteiger partial charge in [-0.2, -0.15) is 0 Å². The number of unbranched alkanes of at least 4 members (excludes halogenated alkanes) is 2. The van der Waals surface area contributed by atoms with Gasteiger partial charge in [-0.3, -0.25) is 19.7 Å². The van der Waals surface area contributed by atoms with Gasteiger partial charge in [0.2, 0.25) is 6.04 Å². The van der Waals surface area contributed by atoms with E-state index in [0.29, 0.717) is 19.3 Å². The number of nitro groups is 1. The summed E-state index contributed by atoms with van der Waals surface area (Å²) in [7, 11) is 0. The van der Waals surface area contributed by atoms with Crippen LogP contribution < -0.4 is 0 Å². The maximum absolute atomic E-state index is 10.9. The van der Waals surface area contributed by atoms with Crippen LogP contribution in [0.2, 0.25) is 0 Å². The summed E-state index contributed by atoms with van der Waals surface area (Å²) >= 11 is 0. The molecular formula is C12H21NO6. The molecule has 0 spiro atoms. The second-order valence-corrected chi connectivity index (χ2v) is 5.33. The minimum atomic E-state index is -1.13. The summed E-state index contributed by atoms with van der Waals surface area (Å²) in [5, 5.41) is 28.3. The van der Waals surface area contributed by atoms with Gasteiger partial charge in [0.05, 0.1) is 5.41 Å². The van der Waals surface area contributed by atoms with Crippen molar-refractivity contribution in [3.63, 3.8) is 0 Å². The van der Waals surface area contributed by atoms with Crippen molar-refractivity contribution in [3.8, 4) is 0 Å². The van der Waals surface area contributed by atoms with Crippen LogP contribution in [0.3, 0.4) is 0 Å². The molecule has 1 unspecified atom stereocenters. The van der Waals surface area contributed by atoms with Crippen LogP contribution in [0.4, 0.5) is 0 Å². The standard InChI is InChI=1S/C12H21NO6/c1-12(2,11(16)17)8-9(13(18)19)6-4-3-5-7-10(14)15/h9H,3-8H2,1-2H3,(H,14,15)(H,16,17). The van der Waals surface area contributed by atoms with Gasteiger partial charge < -0.3 is 10.2 Å². The van der Waals surface area contributed by atoms with E-state index < -0.39 is 28.3 Å². The fourth-order valence-electron chi connectivity index (χ4n) is 1.79. The van der Waals surface area contributed by atoms with Crippen LogP contribution in [0.5, 0.6) is 0 Å². The van der Waals surface area contributed by atoms with E-state index in [1.807, 2.05) is 0 Å². The maximum atomic E-state index is 10.9. The first kappa shape index (κ1) is 17.3. The zero-order valence-electron chi connectivity index (χ0n) is 11.3. The highest BCUT2D eigenvalue weighted by atomic mass is 16.6. The molecule has 110 valence electrons. The predicted octanol–water partition coefficient (Wildman–Crippen LogP) is 2.17. The minimum Gasteiger partial charge on any atom is -0.481 e. The lowest BCUT2D eigenvalue weighted by atomic mass is 9.84. The Bertz CT molecular complexity index is 339. The fraction of sp³-hybridized carbons (Fsp3) is 0.833. The molecule has 0 aliphatic carbocycles. The quantitative estimate of drug-likeness (QED) is 0.358. The second kappa shape index (κ2) is 7.70. The maximum Gasteiger partial charge on any atom is 0.309 e. The predicted molar refractivity (Wildman–Crippen MR) is 67.5 cm³/mol. The minimum absolute atomic E-state index is 0.0196. The molecule has 7 heteroatoms. The molecule has 0 aliphatic rings. The molecule has 0 fully saturated rings. The summed E-state index contributed by atoms with van der Waals surface area (Å²) in [5.74, 6) is -1.93. The zero-order valence-corrected chi connectivity index (χ0v) is 11.3. The Morgan fingerprint density at radius 3 is 2.21 bits per heavy atom. The monoisotopic (exact) mass is 275 g/mol. The first-order chi connectivity index (χ1) is 8.66. The van der Waals surface area contributed by atoms with Gasteiger partial charge in [0.1, 0.15) is 0 Å². The Morgan fingerprint density at radius 1 is 1.21 bits per heavy atom. The smallest absolute Gasteiger partial charge is 0.309 e. The highest BCUT2D eigenvalue weighted by Crippen LogP contribution is 2.26. The SMILES string of the molecule is CC(C)(CC(CCCCCC(=O)O)[N+](=O)[O-])C(=O)O. The van der Waals surface area contributed by atoms with Crippen LogP contribution in [0.25, 0.3) is 0 Å². The Kier molecular flexibility index (Phi) is 7.03. The number of carbonyl (C=O) groups is 2. The number of aliphatic carboxylic acids is 2. The molecule has 0 radical (unpaired) electrons. The Morgan fingerprint density at radius 2 is 1.79 bits per heavy atom. The molecule has 7 nitrogen and oxygen atoms in total. The van der Waals surface area contributed by atoms with E-state index in [0.717, 1.165) is 0 Å². The summed E-state index contributed by atoms with van der Waals surface area (Å²) in [6, 6.07) is -0.893. The molecule has 0 bridgehead atoms. The van der Waals surface area contributed by atoms with Crippen molar-refractivity contribution in [1.29, 1.82) is 0 Å². The molecule has 0 aromatic rings. The highest BCUT2D eigenvalue weighted by molar-refractivity contribution is 5.73. The van der Waals surface area contributed by atoms with Crippen LogP contribution in [0, 0.1) is 15.5 Å². The summed E-state index contributed by atoms with van der Waals surface area (Å²) in [5.41, 5.74) is -1.13. The van der Waals surface area contributed by atoms with Crippen molar-refractivity contribution >= 4 is 11.9 Å². The molecule has 0 aliphatic heterocycles. The topological polar surface area (TPSA) is 118 Å². The van der Waals surface area contributed by atoms with E-state index in [1.54, 1.807) is 0 Å². The number of hydrogen-bond acceptors (Lipinski definition) is 4. The summed E-state index contributed by atoms with van der Waals surface area (Å²) in [6.45, 7) is 2.94. The van der Waals surface area contributed by atoms with Crippen molar-refractivity contribution in [2.24, 2.45) is 5.41 Å². The molecule has 0 saturated heterocycles. The molecule has 0 rings (SSSR count). The lowest BCUT2D eigenvalue weighted by molar-refractivity contribution is -0.526. The van der Waals surface area contributed by atoms with Crippen LogP contribution in [-0.4, -0.2) is 33.1 Å². The average Bonchev–Trinajstić information content (AvgIpc) is 2.25. The van der Waals surface area contributed by atoms with Gasteiger partial charge >= 0.3 is 11.9 Å². The first-order valence-corrected chi connectivity index (χ1v) is 6.25. The zero-order chi connectivity index (χ0) is 15.1. The van der Waals surface area contributed by atoms with Gasteiger partial charge in [-0.25, -0.2) is 0 Å². The molecular weight excluding hydrogens is 254 g/mol. The van der Waals surface area contributed by atoms with E-state index in [9.17, 15) is 19.7 Å². The lowest BCUT2D eigenvalue weighted by Crippen LogP contribution is -2.32. The van der Waals surface area contributed by atoms with Crippen LogP contribution in [0.1, 0.15) is 52.4 Å². The van der Waals surface area contributed by atoms with Crippen molar-refractivity contribution in [2.75, 3.05) is 0 Å². The third-order valence-corrected chi connectivity index (χ3v) is 3.05. The largest absolute Gasteiger partial charge is 0.481 e. The molecule has 0 saturated carbocycles. The molecule has 2 N–H and O–H groups in total. The number of hydrogen-bond donors (Lipinski definition) is 2. The van der Waals surface area contributed by atoms with Gasteiger partial charge in [0.15, 0.2) is 0 Å². The van der Waals surface area contributed by atoms with E-state index in [-0.39, 0.29) is 19.3 Å². The van der Waals surface area contributed by atoms with Gasteiger partial charge in [-0.1, -0.05) is 6.42 Å². The molecule has 19 heavy (non-hydrogen) atoms. The van der Waals surface area contributed by atoms with Gasteiger partial charge in [0, 0.05) is 24.2 Å². The number of rotatable bonds is 10. The van der Waals surface area contributed by atoms with Gasteiger partial charge in [0.25, 0.3) is 0 Å². The van der Waals surface area contributed by atoms with Crippen LogP contribution >= 0.6 is 0 Å². The lowest BCUT2D eigenvalue weighted by Gasteiger charge is -2.21. The van der Waals surface area contributed by atoms with E-state index >= 15 is 0 Å². The molecule has 0 aromatic carbocycles. The van der Waals surface area contributed by atoms with Crippen molar-refractivity contribution < 1.29 is 24.7 Å². The van der Waals surface area contributed by atoms with Gasteiger partial charge in [-0.05, 0) is 26.7 Å². The Hall–Kier alpha value is -1.66. The van der Waals surface area contributed by atoms with Gasteiger partial charge in [-0.15, -0.1) is 0 Å². The van der Waals surface area contributed by atoms with E-state index in [4.69, 9.17) is 10.2 Å². The highest BCUT2D eigenvalue weighted by Gasteiger charge is 2.35. The fourth-order valence-corrected chi connectivity index (χ4v) is 1.79. The van der Waals surface area contributed by atoms with Crippen molar-refractivity contribution in [2.45, 2.75) is 58.4 Å². The normalized spacial score (nSPS) is 12.9. The molecule has 1 atom stereocenters. The van der Waals surface area contributed by atoms with Crippen LogP contribution in [0.15, 0.2) is 0 Å². The third-order valence-electron chi connectivity index (χ3n) is 3.05. The van der Waals surface area contributed by atoms with Crippen LogP contribution in [-0.2, 0) is 9.59 Å².